The Morgan fingerprint density at radius 1 is 1.27 bits per heavy atom. The van der Waals surface area contributed by atoms with Gasteiger partial charge in [-0.1, -0.05) is 20.8 Å². The molecule has 0 aromatic heterocycles. The van der Waals surface area contributed by atoms with Crippen molar-refractivity contribution in [2.24, 2.45) is 28.9 Å². The average Bonchev–Trinajstić information content (AvgIpc) is 1.93. The molecule has 3 rings (SSSR count). The van der Waals surface area contributed by atoms with Crippen LogP contribution in [0.25, 0.3) is 0 Å². The summed E-state index contributed by atoms with van der Waals surface area (Å²) < 4.78 is 0. The Hall–Kier alpha value is -0.0400. The van der Waals surface area contributed by atoms with Gasteiger partial charge in [-0.15, -0.1) is 0 Å². The average molecular weight is 153 g/mol. The van der Waals surface area contributed by atoms with E-state index in [1.165, 1.54) is 12.8 Å². The zero-order chi connectivity index (χ0) is 8.22. The molecule has 0 aliphatic heterocycles. The molecule has 0 aromatic rings. The van der Waals surface area contributed by atoms with E-state index in [0.717, 1.165) is 17.8 Å². The highest BCUT2D eigenvalue weighted by Gasteiger charge is 2.55. The lowest BCUT2D eigenvalue weighted by Crippen LogP contribution is -2.58. The summed E-state index contributed by atoms with van der Waals surface area (Å²) in [7, 11) is 0. The van der Waals surface area contributed by atoms with Gasteiger partial charge in [0.15, 0.2) is 0 Å². The van der Waals surface area contributed by atoms with Crippen LogP contribution in [0.1, 0.15) is 33.6 Å². The number of nitrogens with two attached hydrogens (primary N) is 1. The second kappa shape index (κ2) is 2.01. The van der Waals surface area contributed by atoms with Crippen molar-refractivity contribution in [3.8, 4) is 0 Å². The summed E-state index contributed by atoms with van der Waals surface area (Å²) in [5.74, 6) is 2.60. The predicted octanol–water partition coefficient (Wildman–Crippen LogP) is 2.02. The first-order chi connectivity index (χ1) is 5.03. The number of hydrogen-bond donors (Lipinski definition) is 1. The van der Waals surface area contributed by atoms with Crippen LogP contribution >= 0.6 is 0 Å². The van der Waals surface area contributed by atoms with Crippen LogP contribution in [0.5, 0.6) is 0 Å². The first-order valence-corrected chi connectivity index (χ1v) is 4.79. The van der Waals surface area contributed by atoms with E-state index in [1.807, 2.05) is 0 Å². The SMILES string of the molecule is C[C@H]1[C@H](N)C[C@H]2C[C@@H]1C2(C)C. The molecule has 0 saturated heterocycles. The van der Waals surface area contributed by atoms with Crippen LogP contribution in [0, 0.1) is 23.2 Å². The van der Waals surface area contributed by atoms with Crippen molar-refractivity contribution in [2.45, 2.75) is 39.7 Å². The smallest absolute Gasteiger partial charge is 0.00702 e. The van der Waals surface area contributed by atoms with Crippen molar-refractivity contribution >= 4 is 0 Å². The first kappa shape index (κ1) is 7.60. The van der Waals surface area contributed by atoms with Crippen molar-refractivity contribution < 1.29 is 0 Å². The molecule has 0 radical (unpaired) electrons. The molecule has 0 spiro atoms. The van der Waals surface area contributed by atoms with E-state index < -0.39 is 0 Å². The molecule has 4 atom stereocenters. The van der Waals surface area contributed by atoms with Crippen LogP contribution in [0.3, 0.4) is 0 Å². The summed E-state index contributed by atoms with van der Waals surface area (Å²) in [5.41, 5.74) is 6.63. The van der Waals surface area contributed by atoms with Crippen molar-refractivity contribution in [3.63, 3.8) is 0 Å². The lowest BCUT2D eigenvalue weighted by Gasteiger charge is -2.61. The molecule has 3 fully saturated rings. The summed E-state index contributed by atoms with van der Waals surface area (Å²) in [5, 5.41) is 0. The molecule has 1 heteroatoms. The number of rotatable bonds is 0. The second-order valence-corrected chi connectivity index (χ2v) is 5.12. The molecule has 11 heavy (non-hydrogen) atoms. The largest absolute Gasteiger partial charge is 0.327 e. The third-order valence-corrected chi connectivity index (χ3v) is 4.41. The van der Waals surface area contributed by atoms with E-state index in [2.05, 4.69) is 20.8 Å². The van der Waals surface area contributed by atoms with E-state index in [-0.39, 0.29) is 0 Å². The van der Waals surface area contributed by atoms with Crippen LogP contribution in [-0.2, 0) is 0 Å². The number of hydrogen-bond acceptors (Lipinski definition) is 1. The Morgan fingerprint density at radius 3 is 2.27 bits per heavy atom. The van der Waals surface area contributed by atoms with Crippen LogP contribution in [0.4, 0.5) is 0 Å². The highest BCUT2D eigenvalue weighted by molar-refractivity contribution is 5.06. The van der Waals surface area contributed by atoms with Gasteiger partial charge in [-0.2, -0.15) is 0 Å². The van der Waals surface area contributed by atoms with Gasteiger partial charge in [0.25, 0.3) is 0 Å². The van der Waals surface area contributed by atoms with Crippen LogP contribution in [-0.4, -0.2) is 6.04 Å². The minimum absolute atomic E-state index is 0.492. The van der Waals surface area contributed by atoms with Gasteiger partial charge in [-0.3, -0.25) is 0 Å². The highest BCUT2D eigenvalue weighted by Crippen LogP contribution is 2.60. The van der Waals surface area contributed by atoms with E-state index in [4.69, 9.17) is 5.73 Å². The maximum absolute atomic E-state index is 6.02. The minimum atomic E-state index is 0.492. The van der Waals surface area contributed by atoms with Crippen molar-refractivity contribution in [1.82, 2.24) is 0 Å². The van der Waals surface area contributed by atoms with Crippen molar-refractivity contribution in [2.75, 3.05) is 0 Å². The molecule has 0 aromatic carbocycles. The third kappa shape index (κ3) is 0.807. The highest BCUT2D eigenvalue weighted by atomic mass is 14.7. The summed E-state index contributed by atoms with van der Waals surface area (Å²) in [6.45, 7) is 7.15. The maximum Gasteiger partial charge on any atom is 0.00702 e. The molecule has 1 nitrogen and oxygen atoms in total. The standard InChI is InChI=1S/C10H19N/c1-6-8-4-7(5-9(6)11)10(8,2)3/h6-9H,4-5,11H2,1-3H3/t6-,7-,8+,9-/m1/s1. The van der Waals surface area contributed by atoms with Gasteiger partial charge in [0.05, 0.1) is 0 Å². The molecule has 0 amide bonds. The maximum atomic E-state index is 6.02. The van der Waals surface area contributed by atoms with Crippen molar-refractivity contribution in [3.05, 3.63) is 0 Å². The Labute approximate surface area is 69.4 Å². The molecule has 0 unspecified atom stereocenters. The van der Waals surface area contributed by atoms with Crippen molar-refractivity contribution in [1.29, 1.82) is 0 Å². The Bertz CT molecular complexity index is 174. The minimum Gasteiger partial charge on any atom is -0.327 e. The monoisotopic (exact) mass is 153 g/mol. The lowest BCUT2D eigenvalue weighted by molar-refractivity contribution is -0.108. The normalized spacial score (nSPS) is 53.5. The zero-order valence-electron chi connectivity index (χ0n) is 7.80. The lowest BCUT2D eigenvalue weighted by atomic mass is 9.45. The Balaban J connectivity index is 2.17. The molecule has 3 saturated carbocycles. The van der Waals surface area contributed by atoms with Gasteiger partial charge >= 0.3 is 0 Å². The quantitative estimate of drug-likeness (QED) is 0.566. The predicted molar refractivity (Wildman–Crippen MR) is 47.1 cm³/mol. The summed E-state index contributed by atoms with van der Waals surface area (Å²) in [4.78, 5) is 0. The molecule has 2 N–H and O–H groups in total. The van der Waals surface area contributed by atoms with E-state index in [9.17, 15) is 0 Å². The van der Waals surface area contributed by atoms with Gasteiger partial charge < -0.3 is 5.73 Å². The fourth-order valence-corrected chi connectivity index (χ4v) is 3.19. The number of fused-ring (bicyclic) bond motifs is 2. The van der Waals surface area contributed by atoms with Gasteiger partial charge in [-0.05, 0) is 36.0 Å². The summed E-state index contributed by atoms with van der Waals surface area (Å²) in [6, 6.07) is 0.492. The van der Waals surface area contributed by atoms with Crippen LogP contribution in [0.2, 0.25) is 0 Å². The fourth-order valence-electron chi connectivity index (χ4n) is 3.19. The summed E-state index contributed by atoms with van der Waals surface area (Å²) >= 11 is 0. The van der Waals surface area contributed by atoms with Crippen LogP contribution in [0.15, 0.2) is 0 Å². The van der Waals surface area contributed by atoms with E-state index in [0.29, 0.717) is 11.5 Å². The van der Waals surface area contributed by atoms with Gasteiger partial charge in [0.1, 0.15) is 0 Å². The molecule has 0 heterocycles. The summed E-state index contributed by atoms with van der Waals surface area (Å²) in [6.07, 6.45) is 2.71. The van der Waals surface area contributed by atoms with Gasteiger partial charge in [-0.25, -0.2) is 0 Å². The molecule has 3 aliphatic carbocycles. The second-order valence-electron chi connectivity index (χ2n) is 5.12. The Morgan fingerprint density at radius 2 is 1.91 bits per heavy atom. The van der Waals surface area contributed by atoms with Crippen LogP contribution < -0.4 is 5.73 Å². The molecule has 3 aliphatic rings. The van der Waals surface area contributed by atoms with E-state index >= 15 is 0 Å². The molecular formula is C10H19N. The van der Waals surface area contributed by atoms with Gasteiger partial charge in [0, 0.05) is 6.04 Å². The third-order valence-electron chi connectivity index (χ3n) is 4.41. The van der Waals surface area contributed by atoms with Gasteiger partial charge in [0.2, 0.25) is 0 Å². The Kier molecular flexibility index (Phi) is 1.39. The van der Waals surface area contributed by atoms with E-state index in [1.54, 1.807) is 0 Å². The molecular weight excluding hydrogens is 134 g/mol. The fraction of sp³-hybridized carbons (Fsp3) is 1.00. The molecule has 64 valence electrons. The molecule has 2 bridgehead atoms. The zero-order valence-corrected chi connectivity index (χ0v) is 7.80. The first-order valence-electron chi connectivity index (χ1n) is 4.79. The topological polar surface area (TPSA) is 26.0 Å².